The van der Waals surface area contributed by atoms with Crippen LogP contribution in [0.2, 0.25) is 0 Å². The summed E-state index contributed by atoms with van der Waals surface area (Å²) in [6.45, 7) is 0. The Morgan fingerprint density at radius 1 is 2.50 bits per heavy atom. The van der Waals surface area contributed by atoms with Crippen molar-refractivity contribution in [2.24, 2.45) is 5.64 Å². The average Bonchev–Trinajstić information content (AvgIpc) is 1.38. The summed E-state index contributed by atoms with van der Waals surface area (Å²) in [5.74, 6) is 0. The molecule has 1 radical (unpaired) electrons. The summed E-state index contributed by atoms with van der Waals surface area (Å²) in [7, 11) is -0.504. The number of halogens is 1. The minimum atomic E-state index is -0.504. The SMILES string of the molecule is [2H]B(N)[B]I. The molecule has 0 aromatic heterocycles. The highest BCUT2D eigenvalue weighted by Crippen LogP contribution is 1.61. The summed E-state index contributed by atoms with van der Waals surface area (Å²) in [5, 5.41) is 1.58. The number of hydrogen-bond acceptors (Lipinski definition) is 1. The van der Waals surface area contributed by atoms with Gasteiger partial charge in [-0.15, -0.1) is 0 Å². The van der Waals surface area contributed by atoms with Crippen molar-refractivity contribution in [2.45, 2.75) is 0 Å². The van der Waals surface area contributed by atoms with Crippen LogP contribution in [0.5, 0.6) is 0 Å². The van der Waals surface area contributed by atoms with Gasteiger partial charge in [0.15, 0.2) is 12.3 Å². The van der Waals surface area contributed by atoms with Crippen molar-refractivity contribution in [2.75, 3.05) is 0 Å². The zero-order chi connectivity index (χ0) is 4.28. The second-order valence-corrected chi connectivity index (χ2v) is 1.04. The fraction of sp³-hybridized carbons (Fsp3) is 0. The van der Waals surface area contributed by atoms with Crippen LogP contribution in [0, 0.1) is 0 Å². The molecule has 0 bridgehead atoms. The standard InChI is InChI=1S/B2H3IN/c3-1-2-4/h2H,4H2/i2D. The van der Waals surface area contributed by atoms with Gasteiger partial charge in [0.2, 0.25) is 0 Å². The third kappa shape index (κ3) is 2.82. The molecule has 0 spiro atoms. The highest BCUT2D eigenvalue weighted by Gasteiger charge is 1.69. The van der Waals surface area contributed by atoms with Crippen molar-refractivity contribution in [1.82, 2.24) is 0 Å². The van der Waals surface area contributed by atoms with Gasteiger partial charge in [0.1, 0.15) is 0 Å². The van der Waals surface area contributed by atoms with Gasteiger partial charge in [-0.25, -0.2) is 0 Å². The molecule has 0 saturated carbocycles. The van der Waals surface area contributed by atoms with Gasteiger partial charge in [-0.2, -0.15) is 22.4 Å². The van der Waals surface area contributed by atoms with E-state index in [0.29, 0.717) is 0 Å². The summed E-state index contributed by atoms with van der Waals surface area (Å²) >= 11 is 1.94. The van der Waals surface area contributed by atoms with Crippen LogP contribution in [-0.4, -0.2) is 13.6 Å². The van der Waals surface area contributed by atoms with Gasteiger partial charge in [0.05, 0.1) is 0 Å². The molecule has 0 aromatic rings. The van der Waals surface area contributed by atoms with E-state index in [-0.39, 0.29) is 0 Å². The summed E-state index contributed by atoms with van der Waals surface area (Å²) < 4.78 is 6.54. The number of nitrogens with two attached hydrogens (primary N) is 1. The maximum atomic E-state index is 6.54. The zero-order valence-corrected chi connectivity index (χ0v) is 4.27. The van der Waals surface area contributed by atoms with Crippen LogP contribution in [-0.2, 0) is 0 Å². The molecule has 0 aliphatic rings. The third-order valence-electron chi connectivity index (χ3n) is 0.0727. The maximum absolute atomic E-state index is 6.54. The van der Waals surface area contributed by atoms with E-state index in [9.17, 15) is 0 Å². The van der Waals surface area contributed by atoms with Crippen molar-refractivity contribution in [1.29, 1.82) is 1.34 Å². The Morgan fingerprint density at radius 2 is 2.75 bits per heavy atom. The maximum Gasteiger partial charge on any atom is 0.179 e. The largest absolute Gasteiger partial charge is 0.378 e. The van der Waals surface area contributed by atoms with Gasteiger partial charge in [-0.3, -0.25) is 0 Å². The second-order valence-electron chi connectivity index (χ2n) is 0.318. The van der Waals surface area contributed by atoms with Crippen LogP contribution in [0.3, 0.4) is 0 Å². The lowest BCUT2D eigenvalue weighted by Gasteiger charge is -1.59. The summed E-state index contributed by atoms with van der Waals surface area (Å²) in [6.07, 6.45) is 0. The summed E-state index contributed by atoms with van der Waals surface area (Å²) in [5.41, 5.74) is 4.90. The van der Waals surface area contributed by atoms with E-state index >= 15 is 0 Å². The average molecular weight is 167 g/mol. The minimum absolute atomic E-state index is 0.504. The van der Waals surface area contributed by atoms with Crippen molar-refractivity contribution < 1.29 is 0 Å². The smallest absolute Gasteiger partial charge is 0.179 e. The van der Waals surface area contributed by atoms with E-state index in [1.807, 2.05) is 22.4 Å². The van der Waals surface area contributed by atoms with E-state index in [4.69, 9.17) is 6.98 Å². The van der Waals surface area contributed by atoms with Gasteiger partial charge in [0.25, 0.3) is 0 Å². The van der Waals surface area contributed by atoms with Gasteiger partial charge in [0, 0.05) is 0 Å². The van der Waals surface area contributed by atoms with E-state index in [1.165, 1.54) is 0 Å². The Labute approximate surface area is 42.0 Å². The molecule has 0 atom stereocenters. The third-order valence-corrected chi connectivity index (χ3v) is 0.488. The number of rotatable bonds is 1. The van der Waals surface area contributed by atoms with Crippen molar-refractivity contribution >= 4 is 34.7 Å². The number of hydrogen-bond donors (Lipinski definition) is 1. The van der Waals surface area contributed by atoms with E-state index in [1.54, 1.807) is 5.03 Å². The summed E-state index contributed by atoms with van der Waals surface area (Å²) in [6, 6.07) is 0. The molecule has 0 heterocycles. The predicted octanol–water partition coefficient (Wildman–Crippen LogP) is -0.734. The Kier molecular flexibility index (Phi) is 2.89. The molecule has 21 valence electrons. The lowest BCUT2D eigenvalue weighted by atomic mass is 9.69. The molecule has 0 aliphatic carbocycles. The molecule has 0 aliphatic heterocycles. The van der Waals surface area contributed by atoms with Gasteiger partial charge >= 0.3 is 0 Å². The van der Waals surface area contributed by atoms with Crippen LogP contribution < -0.4 is 5.64 Å². The lowest BCUT2D eigenvalue weighted by Crippen LogP contribution is -2.07. The van der Waals surface area contributed by atoms with Crippen molar-refractivity contribution in [3.8, 4) is 0 Å². The topological polar surface area (TPSA) is 26.0 Å². The molecular weight excluding hydrogens is 163 g/mol. The summed E-state index contributed by atoms with van der Waals surface area (Å²) in [4.78, 5) is 0. The molecular formula is H3B2IN. The van der Waals surface area contributed by atoms with Crippen LogP contribution in [0.25, 0.3) is 0 Å². The Balaban J connectivity index is 2.54. The first-order valence-corrected chi connectivity index (χ1v) is 2.13. The van der Waals surface area contributed by atoms with Crippen LogP contribution >= 0.6 is 22.4 Å². The second kappa shape index (κ2) is 3.82. The van der Waals surface area contributed by atoms with Gasteiger partial charge in [-0.05, 0) is 1.34 Å². The molecule has 1 nitrogen and oxygen atoms in total. The Morgan fingerprint density at radius 3 is 2.75 bits per heavy atom. The van der Waals surface area contributed by atoms with Crippen LogP contribution in [0.4, 0.5) is 0 Å². The molecule has 0 amide bonds. The predicted molar refractivity (Wildman–Crippen MR) is 31.1 cm³/mol. The highest BCUT2D eigenvalue weighted by atomic mass is 127. The lowest BCUT2D eigenvalue weighted by molar-refractivity contribution is 1.98. The zero-order valence-electron chi connectivity index (χ0n) is 3.11. The normalized spacial score (nSPS) is 9.00. The first-order valence-electron chi connectivity index (χ1n) is 1.46. The molecule has 0 fully saturated rings. The Bertz CT molecular complexity index is 23.6. The van der Waals surface area contributed by atoms with E-state index in [2.05, 4.69) is 0 Å². The van der Waals surface area contributed by atoms with E-state index in [0.717, 1.165) is 0 Å². The fourth-order valence-electron chi connectivity index (χ4n) is 0. The van der Waals surface area contributed by atoms with Crippen LogP contribution in [0.1, 0.15) is 0 Å². The molecule has 0 saturated heterocycles. The molecule has 4 heavy (non-hydrogen) atoms. The quantitative estimate of drug-likeness (QED) is 0.403. The van der Waals surface area contributed by atoms with Gasteiger partial charge in [-0.1, -0.05) is 0 Å². The molecule has 0 unspecified atom stereocenters. The van der Waals surface area contributed by atoms with Gasteiger partial charge < -0.3 is 5.64 Å². The molecule has 0 rings (SSSR count). The molecule has 4 heteroatoms. The first kappa shape index (κ1) is 3.03. The minimum Gasteiger partial charge on any atom is -0.378 e. The van der Waals surface area contributed by atoms with Crippen LogP contribution in [0.15, 0.2) is 0 Å². The molecule has 0 aromatic carbocycles. The Hall–Kier alpha value is 0.820. The fourth-order valence-corrected chi connectivity index (χ4v) is 0. The van der Waals surface area contributed by atoms with Crippen molar-refractivity contribution in [3.63, 3.8) is 0 Å². The monoisotopic (exact) mass is 167 g/mol. The highest BCUT2D eigenvalue weighted by molar-refractivity contribution is 14.1. The first-order chi connectivity index (χ1) is 2.27. The van der Waals surface area contributed by atoms with E-state index < -0.39 is 7.27 Å². The molecule has 2 N–H and O–H groups in total. The van der Waals surface area contributed by atoms with Crippen molar-refractivity contribution in [3.05, 3.63) is 0 Å².